The highest BCUT2D eigenvalue weighted by Gasteiger charge is 2.14. The van der Waals surface area contributed by atoms with Gasteiger partial charge in [-0.1, -0.05) is 35.3 Å². The number of hydrogen-bond donors (Lipinski definition) is 0. The number of fused-ring (bicyclic) bond motifs is 1. The fraction of sp³-hybridized carbons (Fsp3) is 0.100. The molecular weight excluding hydrogens is 371 g/mol. The van der Waals surface area contributed by atoms with Crippen LogP contribution >= 0.6 is 23.2 Å². The Balaban J connectivity index is 1.87. The monoisotopic (exact) mass is 384 g/mol. The first-order valence-corrected chi connectivity index (χ1v) is 8.74. The Kier molecular flexibility index (Phi) is 4.10. The van der Waals surface area contributed by atoms with Gasteiger partial charge in [-0.15, -0.1) is 0 Å². The van der Waals surface area contributed by atoms with Gasteiger partial charge in [0.15, 0.2) is 0 Å². The summed E-state index contributed by atoms with van der Waals surface area (Å²) in [6.07, 6.45) is 3.59. The van der Waals surface area contributed by atoms with Crippen molar-refractivity contribution in [1.82, 2.24) is 9.55 Å². The van der Waals surface area contributed by atoms with Gasteiger partial charge in [-0.05, 0) is 49.2 Å². The predicted octanol–water partition coefficient (Wildman–Crippen LogP) is 5.57. The van der Waals surface area contributed by atoms with E-state index in [9.17, 15) is 4.79 Å². The summed E-state index contributed by atoms with van der Waals surface area (Å²) in [5.74, 6) is 0.261. The molecule has 0 fully saturated rings. The van der Waals surface area contributed by atoms with Crippen LogP contribution in [0.2, 0.25) is 10.0 Å². The summed E-state index contributed by atoms with van der Waals surface area (Å²) in [5, 5.41) is 1.54. The van der Waals surface area contributed by atoms with Crippen LogP contribution in [-0.2, 0) is 0 Å². The van der Waals surface area contributed by atoms with Crippen molar-refractivity contribution in [2.75, 3.05) is 0 Å². The third-order valence-electron chi connectivity index (χ3n) is 4.20. The minimum absolute atomic E-state index is 0.261. The van der Waals surface area contributed by atoms with Crippen LogP contribution in [-0.4, -0.2) is 9.55 Å². The topological polar surface area (TPSA) is 48.0 Å². The molecule has 0 amide bonds. The Hall–Kier alpha value is -2.56. The highest BCUT2D eigenvalue weighted by molar-refractivity contribution is 6.37. The molecule has 0 aliphatic carbocycles. The first-order valence-electron chi connectivity index (χ1n) is 7.99. The van der Waals surface area contributed by atoms with Crippen LogP contribution in [0.25, 0.3) is 28.0 Å². The molecule has 4 nitrogen and oxygen atoms in total. The lowest BCUT2D eigenvalue weighted by Gasteiger charge is -2.07. The van der Waals surface area contributed by atoms with Crippen molar-refractivity contribution in [2.45, 2.75) is 13.8 Å². The van der Waals surface area contributed by atoms with E-state index in [-0.39, 0.29) is 5.89 Å². The maximum atomic E-state index is 12.4. The van der Waals surface area contributed by atoms with Crippen molar-refractivity contribution in [2.24, 2.45) is 0 Å². The van der Waals surface area contributed by atoms with E-state index in [1.807, 2.05) is 19.9 Å². The summed E-state index contributed by atoms with van der Waals surface area (Å²) in [4.78, 5) is 17.0. The molecule has 0 radical (unpaired) electrons. The molecule has 2 heterocycles. The molecule has 0 bridgehead atoms. The number of nitrogens with zero attached hydrogens (tertiary/aromatic N) is 2. The van der Waals surface area contributed by atoms with Crippen LogP contribution in [0.15, 0.2) is 58.0 Å². The van der Waals surface area contributed by atoms with Crippen LogP contribution in [0.4, 0.5) is 0 Å². The Morgan fingerprint density at radius 1 is 1.08 bits per heavy atom. The zero-order chi connectivity index (χ0) is 18.4. The SMILES string of the molecule is Cc1cc(C)c2nc(-c3ccn(-c4c(Cl)cccc4Cl)c3)oc(=O)c2c1. The van der Waals surface area contributed by atoms with Crippen molar-refractivity contribution in [3.05, 3.63) is 80.4 Å². The number of benzene rings is 2. The minimum atomic E-state index is -0.402. The molecule has 0 saturated heterocycles. The average Bonchev–Trinajstić information content (AvgIpc) is 3.05. The summed E-state index contributed by atoms with van der Waals surface area (Å²) in [6.45, 7) is 3.87. The van der Waals surface area contributed by atoms with E-state index in [2.05, 4.69) is 4.98 Å². The predicted molar refractivity (Wildman–Crippen MR) is 105 cm³/mol. The smallest absolute Gasteiger partial charge is 0.347 e. The van der Waals surface area contributed by atoms with Gasteiger partial charge in [0.05, 0.1) is 32.2 Å². The number of hydrogen-bond acceptors (Lipinski definition) is 3. The van der Waals surface area contributed by atoms with Crippen molar-refractivity contribution in [3.63, 3.8) is 0 Å². The van der Waals surface area contributed by atoms with Crippen LogP contribution in [0, 0.1) is 13.8 Å². The van der Waals surface area contributed by atoms with E-state index < -0.39 is 5.63 Å². The van der Waals surface area contributed by atoms with Gasteiger partial charge in [0, 0.05) is 12.4 Å². The zero-order valence-corrected chi connectivity index (χ0v) is 15.6. The maximum absolute atomic E-state index is 12.4. The molecule has 0 aliphatic heterocycles. The van der Waals surface area contributed by atoms with Crippen LogP contribution in [0.5, 0.6) is 0 Å². The molecule has 6 heteroatoms. The number of rotatable bonds is 2. The molecule has 0 unspecified atom stereocenters. The van der Waals surface area contributed by atoms with Gasteiger partial charge < -0.3 is 8.98 Å². The second kappa shape index (κ2) is 6.31. The lowest BCUT2D eigenvalue weighted by Crippen LogP contribution is -2.04. The highest BCUT2D eigenvalue weighted by Crippen LogP contribution is 2.30. The van der Waals surface area contributed by atoms with Crippen molar-refractivity contribution >= 4 is 34.1 Å². The van der Waals surface area contributed by atoms with Gasteiger partial charge in [-0.2, -0.15) is 0 Å². The number of aryl methyl sites for hydroxylation is 2. The molecule has 4 aromatic rings. The molecule has 26 heavy (non-hydrogen) atoms. The minimum Gasteiger partial charge on any atom is -0.403 e. The normalized spacial score (nSPS) is 11.2. The maximum Gasteiger partial charge on any atom is 0.347 e. The third-order valence-corrected chi connectivity index (χ3v) is 4.81. The zero-order valence-electron chi connectivity index (χ0n) is 14.1. The molecule has 0 saturated carbocycles. The Bertz CT molecular complexity index is 1190. The van der Waals surface area contributed by atoms with Crippen molar-refractivity contribution < 1.29 is 4.42 Å². The molecule has 4 rings (SSSR count). The fourth-order valence-electron chi connectivity index (χ4n) is 3.05. The lowest BCUT2D eigenvalue weighted by molar-refractivity contribution is 0.518. The molecule has 2 aromatic heterocycles. The lowest BCUT2D eigenvalue weighted by atomic mass is 10.1. The number of halogens is 2. The van der Waals surface area contributed by atoms with Crippen LogP contribution in [0.1, 0.15) is 11.1 Å². The second-order valence-corrected chi connectivity index (χ2v) is 6.98. The average molecular weight is 385 g/mol. The van der Waals surface area contributed by atoms with Crippen LogP contribution in [0.3, 0.4) is 0 Å². The summed E-state index contributed by atoms with van der Waals surface area (Å²) in [5.41, 5.74) is 3.50. The first-order chi connectivity index (χ1) is 12.4. The Morgan fingerprint density at radius 2 is 1.81 bits per heavy atom. The molecule has 0 N–H and O–H groups in total. The van der Waals surface area contributed by atoms with Gasteiger partial charge in [0.25, 0.3) is 0 Å². The summed E-state index contributed by atoms with van der Waals surface area (Å²) in [6, 6.07) is 10.9. The standard InChI is InChI=1S/C20H14Cl2N2O2/c1-11-8-12(2)17-14(9-11)20(25)26-19(23-17)13-6-7-24(10-13)18-15(21)4-3-5-16(18)22/h3-10H,1-2H3. The molecule has 130 valence electrons. The van der Waals surface area contributed by atoms with E-state index >= 15 is 0 Å². The van der Waals surface area contributed by atoms with E-state index in [1.54, 1.807) is 47.3 Å². The molecule has 0 atom stereocenters. The first kappa shape index (κ1) is 16.9. The molecule has 0 aliphatic rings. The van der Waals surface area contributed by atoms with Crippen molar-refractivity contribution in [1.29, 1.82) is 0 Å². The third kappa shape index (κ3) is 2.81. The van der Waals surface area contributed by atoms with Gasteiger partial charge >= 0.3 is 5.63 Å². The van der Waals surface area contributed by atoms with E-state index in [1.165, 1.54) is 0 Å². The van der Waals surface area contributed by atoms with Crippen LogP contribution < -0.4 is 5.63 Å². The van der Waals surface area contributed by atoms with Gasteiger partial charge in [-0.3, -0.25) is 0 Å². The van der Waals surface area contributed by atoms with Gasteiger partial charge in [-0.25, -0.2) is 9.78 Å². The van der Waals surface area contributed by atoms with E-state index in [4.69, 9.17) is 27.6 Å². The van der Waals surface area contributed by atoms with Gasteiger partial charge in [0.1, 0.15) is 0 Å². The molecule has 2 aromatic carbocycles. The van der Waals surface area contributed by atoms with E-state index in [0.717, 1.165) is 11.1 Å². The molecular formula is C20H14Cl2N2O2. The Morgan fingerprint density at radius 3 is 2.54 bits per heavy atom. The summed E-state index contributed by atoms with van der Waals surface area (Å²) < 4.78 is 7.24. The Labute approximate surface area is 159 Å². The highest BCUT2D eigenvalue weighted by atomic mass is 35.5. The molecule has 0 spiro atoms. The second-order valence-electron chi connectivity index (χ2n) is 6.16. The summed E-state index contributed by atoms with van der Waals surface area (Å²) in [7, 11) is 0. The largest absolute Gasteiger partial charge is 0.403 e. The fourth-order valence-corrected chi connectivity index (χ4v) is 3.65. The van der Waals surface area contributed by atoms with Gasteiger partial charge in [0.2, 0.25) is 5.89 Å². The quantitative estimate of drug-likeness (QED) is 0.453. The summed E-state index contributed by atoms with van der Waals surface area (Å²) >= 11 is 12.5. The van der Waals surface area contributed by atoms with Crippen molar-refractivity contribution in [3.8, 4) is 17.1 Å². The number of aromatic nitrogens is 2. The van der Waals surface area contributed by atoms with E-state index in [0.29, 0.717) is 32.2 Å². The number of para-hydroxylation sites is 1.